The average Bonchev–Trinajstić information content (AvgIpc) is 2.16. The first-order valence-corrected chi connectivity index (χ1v) is 3.89. The second kappa shape index (κ2) is 2.42. The standard InChI is InChI=1S/C5H8F2OS/c6-4(7)5(8)1-2-9-3-5/h4,8H,1-3H2. The van der Waals surface area contributed by atoms with Gasteiger partial charge in [-0.1, -0.05) is 0 Å². The molecule has 54 valence electrons. The molecule has 1 unspecified atom stereocenters. The molecule has 0 aliphatic carbocycles. The van der Waals surface area contributed by atoms with E-state index in [2.05, 4.69) is 0 Å². The fourth-order valence-electron chi connectivity index (χ4n) is 0.742. The van der Waals surface area contributed by atoms with Crippen LogP contribution in [0.5, 0.6) is 0 Å². The van der Waals surface area contributed by atoms with E-state index in [1.54, 1.807) is 0 Å². The van der Waals surface area contributed by atoms with Crippen LogP contribution in [0.3, 0.4) is 0 Å². The van der Waals surface area contributed by atoms with Crippen LogP contribution in [0, 0.1) is 0 Å². The number of rotatable bonds is 1. The highest BCUT2D eigenvalue weighted by atomic mass is 32.2. The van der Waals surface area contributed by atoms with Crippen LogP contribution in [0.15, 0.2) is 0 Å². The molecule has 1 aliphatic heterocycles. The van der Waals surface area contributed by atoms with Crippen molar-refractivity contribution < 1.29 is 13.9 Å². The normalized spacial score (nSPS) is 36.0. The van der Waals surface area contributed by atoms with Gasteiger partial charge >= 0.3 is 0 Å². The second-order valence-corrected chi connectivity index (χ2v) is 3.31. The Labute approximate surface area is 56.4 Å². The lowest BCUT2D eigenvalue weighted by Crippen LogP contribution is -2.36. The largest absolute Gasteiger partial charge is 0.383 e. The molecular formula is C5H8F2OS. The van der Waals surface area contributed by atoms with Gasteiger partial charge in [0.25, 0.3) is 6.43 Å². The third-order valence-electron chi connectivity index (χ3n) is 1.44. The summed E-state index contributed by atoms with van der Waals surface area (Å²) in [5, 5.41) is 9.00. The molecule has 1 aliphatic rings. The molecule has 1 saturated heterocycles. The second-order valence-electron chi connectivity index (χ2n) is 2.21. The van der Waals surface area contributed by atoms with Crippen LogP contribution >= 0.6 is 11.8 Å². The molecule has 1 fully saturated rings. The molecule has 0 spiro atoms. The van der Waals surface area contributed by atoms with E-state index >= 15 is 0 Å². The summed E-state index contributed by atoms with van der Waals surface area (Å²) in [6.45, 7) is 0. The number of thioether (sulfide) groups is 1. The van der Waals surface area contributed by atoms with Crippen LogP contribution in [-0.2, 0) is 0 Å². The molecule has 4 heteroatoms. The zero-order valence-electron chi connectivity index (χ0n) is 4.81. The van der Waals surface area contributed by atoms with Gasteiger partial charge in [-0.05, 0) is 12.2 Å². The predicted molar refractivity (Wildman–Crippen MR) is 32.9 cm³/mol. The molecule has 0 aromatic heterocycles. The van der Waals surface area contributed by atoms with E-state index in [0.29, 0.717) is 5.75 Å². The van der Waals surface area contributed by atoms with Gasteiger partial charge < -0.3 is 5.11 Å². The summed E-state index contributed by atoms with van der Waals surface area (Å²) in [4.78, 5) is 0. The maximum absolute atomic E-state index is 11.9. The molecule has 1 nitrogen and oxygen atoms in total. The SMILES string of the molecule is OC1(C(F)F)CCSC1. The Morgan fingerprint density at radius 2 is 2.22 bits per heavy atom. The van der Waals surface area contributed by atoms with Gasteiger partial charge in [0.2, 0.25) is 0 Å². The predicted octanol–water partition coefficient (Wildman–Crippen LogP) is 1.12. The van der Waals surface area contributed by atoms with E-state index in [1.165, 1.54) is 11.8 Å². The van der Waals surface area contributed by atoms with Gasteiger partial charge in [-0.15, -0.1) is 0 Å². The van der Waals surface area contributed by atoms with Gasteiger partial charge in [-0.3, -0.25) is 0 Å². The Morgan fingerprint density at radius 1 is 1.56 bits per heavy atom. The molecule has 0 aromatic rings. The van der Waals surface area contributed by atoms with Crippen molar-refractivity contribution in [2.45, 2.75) is 18.4 Å². The summed E-state index contributed by atoms with van der Waals surface area (Å²) in [7, 11) is 0. The van der Waals surface area contributed by atoms with Crippen LogP contribution in [-0.4, -0.2) is 28.6 Å². The number of halogens is 2. The first-order chi connectivity index (χ1) is 4.15. The minimum atomic E-state index is -2.58. The number of aliphatic hydroxyl groups is 1. The molecule has 1 atom stereocenters. The number of hydrogen-bond donors (Lipinski definition) is 1. The summed E-state index contributed by atoms with van der Waals surface area (Å²) in [5.41, 5.74) is -1.68. The van der Waals surface area contributed by atoms with Gasteiger partial charge in [0.05, 0.1) is 0 Å². The molecular weight excluding hydrogens is 146 g/mol. The Morgan fingerprint density at radius 3 is 2.44 bits per heavy atom. The minimum absolute atomic E-state index is 0.185. The summed E-state index contributed by atoms with van der Waals surface area (Å²) >= 11 is 1.38. The fourth-order valence-corrected chi connectivity index (χ4v) is 2.01. The molecule has 1 N–H and O–H groups in total. The van der Waals surface area contributed by atoms with Crippen molar-refractivity contribution in [3.8, 4) is 0 Å². The molecule has 0 saturated carbocycles. The molecule has 0 aromatic carbocycles. The first-order valence-electron chi connectivity index (χ1n) is 2.73. The monoisotopic (exact) mass is 154 g/mol. The van der Waals surface area contributed by atoms with Gasteiger partial charge in [0.15, 0.2) is 0 Å². The van der Waals surface area contributed by atoms with E-state index in [-0.39, 0.29) is 12.2 Å². The zero-order chi connectivity index (χ0) is 6.91. The first kappa shape index (κ1) is 7.28. The minimum Gasteiger partial charge on any atom is -0.383 e. The van der Waals surface area contributed by atoms with E-state index in [4.69, 9.17) is 5.11 Å². The summed E-state index contributed by atoms with van der Waals surface area (Å²) in [5.74, 6) is 0.839. The summed E-state index contributed by atoms with van der Waals surface area (Å²) < 4.78 is 23.7. The van der Waals surface area contributed by atoms with Crippen LogP contribution in [0.4, 0.5) is 8.78 Å². The van der Waals surface area contributed by atoms with Crippen molar-refractivity contribution in [1.82, 2.24) is 0 Å². The van der Waals surface area contributed by atoms with Crippen LogP contribution in [0.1, 0.15) is 6.42 Å². The van der Waals surface area contributed by atoms with Crippen molar-refractivity contribution in [1.29, 1.82) is 0 Å². The van der Waals surface area contributed by atoms with Crippen molar-refractivity contribution in [3.05, 3.63) is 0 Å². The highest BCUT2D eigenvalue weighted by molar-refractivity contribution is 7.99. The lowest BCUT2D eigenvalue weighted by atomic mass is 10.1. The van der Waals surface area contributed by atoms with Crippen molar-refractivity contribution >= 4 is 11.8 Å². The number of hydrogen-bond acceptors (Lipinski definition) is 2. The Hall–Kier alpha value is 0.170. The average molecular weight is 154 g/mol. The van der Waals surface area contributed by atoms with Crippen LogP contribution in [0.2, 0.25) is 0 Å². The quantitative estimate of drug-likeness (QED) is 0.610. The molecule has 0 amide bonds. The van der Waals surface area contributed by atoms with E-state index in [1.807, 2.05) is 0 Å². The van der Waals surface area contributed by atoms with E-state index in [0.717, 1.165) is 0 Å². The van der Waals surface area contributed by atoms with E-state index in [9.17, 15) is 8.78 Å². The Kier molecular flexibility index (Phi) is 1.96. The summed E-state index contributed by atoms with van der Waals surface area (Å²) in [6, 6.07) is 0. The summed E-state index contributed by atoms with van der Waals surface area (Å²) in [6.07, 6.45) is -2.34. The van der Waals surface area contributed by atoms with Crippen LogP contribution in [0.25, 0.3) is 0 Å². The number of alkyl halides is 2. The fraction of sp³-hybridized carbons (Fsp3) is 1.00. The van der Waals surface area contributed by atoms with Crippen molar-refractivity contribution in [2.75, 3.05) is 11.5 Å². The van der Waals surface area contributed by atoms with Gasteiger partial charge in [0, 0.05) is 5.75 Å². The molecule has 1 rings (SSSR count). The lowest BCUT2D eigenvalue weighted by Gasteiger charge is -2.18. The van der Waals surface area contributed by atoms with Gasteiger partial charge in [-0.25, -0.2) is 8.78 Å². The molecule has 0 bridgehead atoms. The van der Waals surface area contributed by atoms with Crippen LogP contribution < -0.4 is 0 Å². The third kappa shape index (κ3) is 1.35. The smallest absolute Gasteiger partial charge is 0.267 e. The van der Waals surface area contributed by atoms with Crippen molar-refractivity contribution in [2.24, 2.45) is 0 Å². The lowest BCUT2D eigenvalue weighted by molar-refractivity contribution is -0.0767. The van der Waals surface area contributed by atoms with E-state index < -0.39 is 12.0 Å². The molecule has 1 heterocycles. The highest BCUT2D eigenvalue weighted by Gasteiger charge is 2.40. The van der Waals surface area contributed by atoms with Gasteiger partial charge in [-0.2, -0.15) is 11.8 Å². The third-order valence-corrected chi connectivity index (χ3v) is 2.63. The zero-order valence-corrected chi connectivity index (χ0v) is 5.63. The maximum atomic E-state index is 11.9. The topological polar surface area (TPSA) is 20.2 Å². The van der Waals surface area contributed by atoms with Gasteiger partial charge in [0.1, 0.15) is 5.60 Å². The Balaban J connectivity index is 2.51. The maximum Gasteiger partial charge on any atom is 0.267 e. The molecule has 9 heavy (non-hydrogen) atoms. The molecule has 0 radical (unpaired) electrons. The van der Waals surface area contributed by atoms with Crippen molar-refractivity contribution in [3.63, 3.8) is 0 Å². The highest BCUT2D eigenvalue weighted by Crippen LogP contribution is 2.32. The Bertz CT molecular complexity index is 101.